The maximum atomic E-state index is 13.1. The van der Waals surface area contributed by atoms with E-state index < -0.39 is 23.7 Å². The molecule has 1 fully saturated rings. The quantitative estimate of drug-likeness (QED) is 0.686. The van der Waals surface area contributed by atoms with Gasteiger partial charge in [0.25, 0.3) is 5.56 Å². The Kier molecular flexibility index (Phi) is 7.06. The minimum absolute atomic E-state index is 0.104. The number of anilines is 3. The molecule has 2 heterocycles. The number of nitrogens with one attached hydrogen (secondary N) is 1. The molecule has 1 aliphatic heterocycles. The lowest BCUT2D eigenvalue weighted by Crippen LogP contribution is -2.48. The van der Waals surface area contributed by atoms with E-state index in [0.717, 1.165) is 4.57 Å². The molecule has 0 unspecified atom stereocenters. The van der Waals surface area contributed by atoms with Gasteiger partial charge in [-0.25, -0.2) is 9.36 Å². The van der Waals surface area contributed by atoms with Crippen LogP contribution in [0.25, 0.3) is 0 Å². The van der Waals surface area contributed by atoms with Gasteiger partial charge in [-0.3, -0.25) is 14.2 Å². The highest BCUT2D eigenvalue weighted by Gasteiger charge is 2.24. The lowest BCUT2D eigenvalue weighted by molar-refractivity contribution is -0.116. The molecule has 0 bridgehead atoms. The van der Waals surface area contributed by atoms with Crippen molar-refractivity contribution in [3.05, 3.63) is 49.1 Å². The summed E-state index contributed by atoms with van der Waals surface area (Å²) in [5, 5.41) is 3.31. The maximum Gasteiger partial charge on any atom is 0.333 e. The summed E-state index contributed by atoms with van der Waals surface area (Å²) in [5.74, 6) is -0.458. The first-order valence-electron chi connectivity index (χ1n) is 9.53. The number of rotatable bonds is 6. The van der Waals surface area contributed by atoms with Gasteiger partial charge in [-0.05, 0) is 24.6 Å². The van der Waals surface area contributed by atoms with Gasteiger partial charge in [0, 0.05) is 35.4 Å². The Balaban J connectivity index is 1.98. The normalized spacial score (nSPS) is 14.0. The molecule has 9 nitrogen and oxygen atoms in total. The maximum absolute atomic E-state index is 13.1. The molecule has 0 aliphatic carbocycles. The Hall–Kier alpha value is -2.49. The highest BCUT2D eigenvalue weighted by molar-refractivity contribution is 6.35. The summed E-state index contributed by atoms with van der Waals surface area (Å²) >= 11 is 11.9. The van der Waals surface area contributed by atoms with Gasteiger partial charge in [0.05, 0.1) is 13.2 Å². The molecule has 0 saturated carbocycles. The van der Waals surface area contributed by atoms with Gasteiger partial charge in [0.15, 0.2) is 0 Å². The van der Waals surface area contributed by atoms with Crippen molar-refractivity contribution in [2.45, 2.75) is 26.4 Å². The topological polar surface area (TPSA) is 112 Å². The Bertz CT molecular complexity index is 1040. The van der Waals surface area contributed by atoms with Crippen LogP contribution in [0, 0.1) is 0 Å². The van der Waals surface area contributed by atoms with Crippen LogP contribution in [-0.4, -0.2) is 41.3 Å². The number of nitrogen functional groups attached to an aromatic ring is 1. The van der Waals surface area contributed by atoms with Crippen LogP contribution >= 0.6 is 23.2 Å². The highest BCUT2D eigenvalue weighted by atomic mass is 35.5. The standard InChI is InChI=1S/C19H23Cl2N5O4/c1-2-3-25-17(22)16(24-4-6-30-7-5-24)18(28)26(19(25)29)11-15(27)23-14-9-12(20)8-13(21)10-14/h8-10H,2-7,11,22H2,1H3,(H,23,27). The molecule has 2 aromatic rings. The van der Waals surface area contributed by atoms with E-state index in [1.165, 1.54) is 22.8 Å². The molecular formula is C19H23Cl2N5O4. The van der Waals surface area contributed by atoms with Gasteiger partial charge in [-0.1, -0.05) is 30.1 Å². The second kappa shape index (κ2) is 9.55. The average Bonchev–Trinajstić information content (AvgIpc) is 2.68. The molecule has 30 heavy (non-hydrogen) atoms. The van der Waals surface area contributed by atoms with Crippen molar-refractivity contribution in [3.8, 4) is 0 Å². The van der Waals surface area contributed by atoms with E-state index in [1.54, 1.807) is 4.90 Å². The molecule has 1 aromatic heterocycles. The number of hydrogen-bond acceptors (Lipinski definition) is 6. The van der Waals surface area contributed by atoms with E-state index in [4.69, 9.17) is 33.7 Å². The predicted octanol–water partition coefficient (Wildman–Crippen LogP) is 1.78. The Morgan fingerprint density at radius 3 is 2.37 bits per heavy atom. The minimum Gasteiger partial charge on any atom is -0.383 e. The fourth-order valence-electron chi connectivity index (χ4n) is 3.33. The molecule has 3 rings (SSSR count). The first kappa shape index (κ1) is 22.2. The van der Waals surface area contributed by atoms with Crippen molar-refractivity contribution in [3.63, 3.8) is 0 Å². The largest absolute Gasteiger partial charge is 0.383 e. The lowest BCUT2D eigenvalue weighted by Gasteiger charge is -2.30. The van der Waals surface area contributed by atoms with Crippen LogP contribution < -0.4 is 27.2 Å². The van der Waals surface area contributed by atoms with Crippen LogP contribution in [0.2, 0.25) is 10.0 Å². The zero-order valence-corrected chi connectivity index (χ0v) is 18.0. The summed E-state index contributed by atoms with van der Waals surface area (Å²) in [6.45, 7) is 3.58. The molecule has 1 amide bonds. The number of nitrogens with two attached hydrogens (primary N) is 1. The number of carbonyl (C=O) groups excluding carboxylic acids is 1. The van der Waals surface area contributed by atoms with Crippen molar-refractivity contribution in [1.29, 1.82) is 0 Å². The molecule has 3 N–H and O–H groups in total. The Labute approximate surface area is 182 Å². The number of hydrogen-bond donors (Lipinski definition) is 2. The summed E-state index contributed by atoms with van der Waals surface area (Å²) in [6, 6.07) is 4.57. The molecule has 0 radical (unpaired) electrons. The molecule has 0 atom stereocenters. The van der Waals surface area contributed by atoms with Crippen LogP contribution in [0.3, 0.4) is 0 Å². The van der Waals surface area contributed by atoms with E-state index in [-0.39, 0.29) is 11.5 Å². The van der Waals surface area contributed by atoms with Crippen LogP contribution in [0.15, 0.2) is 27.8 Å². The van der Waals surface area contributed by atoms with Crippen LogP contribution in [0.5, 0.6) is 0 Å². The zero-order chi connectivity index (χ0) is 21.8. The fourth-order valence-corrected chi connectivity index (χ4v) is 3.86. The van der Waals surface area contributed by atoms with Crippen LogP contribution in [0.1, 0.15) is 13.3 Å². The SMILES string of the molecule is CCCn1c(N)c(N2CCOCC2)c(=O)n(CC(=O)Nc2cc(Cl)cc(Cl)c2)c1=O. The fraction of sp³-hybridized carbons (Fsp3) is 0.421. The van der Waals surface area contributed by atoms with Gasteiger partial charge in [0.2, 0.25) is 5.91 Å². The van der Waals surface area contributed by atoms with Gasteiger partial charge >= 0.3 is 5.69 Å². The number of halogens is 2. The second-order valence-corrected chi connectivity index (χ2v) is 7.74. The van der Waals surface area contributed by atoms with E-state index in [9.17, 15) is 14.4 Å². The Morgan fingerprint density at radius 2 is 1.77 bits per heavy atom. The van der Waals surface area contributed by atoms with Crippen LogP contribution in [-0.2, 0) is 22.6 Å². The Morgan fingerprint density at radius 1 is 1.13 bits per heavy atom. The van der Waals surface area contributed by atoms with Gasteiger partial charge < -0.3 is 20.7 Å². The number of nitrogens with zero attached hydrogens (tertiary/aromatic N) is 3. The summed E-state index contributed by atoms with van der Waals surface area (Å²) < 4.78 is 7.57. The van der Waals surface area contributed by atoms with Gasteiger partial charge in [-0.2, -0.15) is 0 Å². The monoisotopic (exact) mass is 455 g/mol. The molecule has 0 spiro atoms. The van der Waals surface area contributed by atoms with Gasteiger partial charge in [-0.15, -0.1) is 0 Å². The summed E-state index contributed by atoms with van der Waals surface area (Å²) in [5.41, 5.74) is 5.54. The van der Waals surface area contributed by atoms with Crippen LogP contribution in [0.4, 0.5) is 17.2 Å². The van der Waals surface area contributed by atoms with Crippen molar-refractivity contribution < 1.29 is 9.53 Å². The molecule has 162 valence electrons. The first-order valence-corrected chi connectivity index (χ1v) is 10.3. The predicted molar refractivity (Wildman–Crippen MR) is 118 cm³/mol. The van der Waals surface area contributed by atoms with E-state index in [1.807, 2.05) is 6.92 Å². The number of benzene rings is 1. The third-order valence-electron chi connectivity index (χ3n) is 4.67. The smallest absolute Gasteiger partial charge is 0.333 e. The van der Waals surface area contributed by atoms with E-state index in [2.05, 4.69) is 5.32 Å². The molecule has 1 saturated heterocycles. The van der Waals surface area contributed by atoms with Crippen molar-refractivity contribution in [1.82, 2.24) is 9.13 Å². The third-order valence-corrected chi connectivity index (χ3v) is 5.10. The molecular weight excluding hydrogens is 433 g/mol. The van der Waals surface area contributed by atoms with Crippen molar-refractivity contribution >= 4 is 46.3 Å². The number of morpholine rings is 1. The molecule has 11 heteroatoms. The molecule has 1 aromatic carbocycles. The van der Waals surface area contributed by atoms with Crippen molar-refractivity contribution in [2.75, 3.05) is 42.3 Å². The number of amides is 1. The minimum atomic E-state index is -0.629. The van der Waals surface area contributed by atoms with Crippen molar-refractivity contribution in [2.24, 2.45) is 0 Å². The van der Waals surface area contributed by atoms with E-state index in [0.29, 0.717) is 55.0 Å². The number of carbonyl (C=O) groups is 1. The highest BCUT2D eigenvalue weighted by Crippen LogP contribution is 2.22. The third kappa shape index (κ3) is 4.80. The first-order chi connectivity index (χ1) is 14.3. The van der Waals surface area contributed by atoms with E-state index >= 15 is 0 Å². The second-order valence-electron chi connectivity index (χ2n) is 6.87. The summed E-state index contributed by atoms with van der Waals surface area (Å²) in [6.07, 6.45) is 0.637. The summed E-state index contributed by atoms with van der Waals surface area (Å²) in [7, 11) is 0. The number of aromatic nitrogens is 2. The molecule has 1 aliphatic rings. The van der Waals surface area contributed by atoms with Gasteiger partial charge in [0.1, 0.15) is 18.1 Å². The summed E-state index contributed by atoms with van der Waals surface area (Å²) in [4.78, 5) is 40.4. The average molecular weight is 456 g/mol. The lowest BCUT2D eigenvalue weighted by atomic mass is 10.3. The zero-order valence-electron chi connectivity index (χ0n) is 16.5. The number of ether oxygens (including phenoxy) is 1.